The van der Waals surface area contributed by atoms with Gasteiger partial charge < -0.3 is 5.32 Å². The zero-order chi connectivity index (χ0) is 17.8. The van der Waals surface area contributed by atoms with Gasteiger partial charge in [-0.1, -0.05) is 72.8 Å². The van der Waals surface area contributed by atoms with E-state index in [9.17, 15) is 4.79 Å². The first kappa shape index (κ1) is 16.6. The van der Waals surface area contributed by atoms with Crippen LogP contribution >= 0.6 is 0 Å². The molecule has 1 aliphatic carbocycles. The number of hydrogen-bond donors (Lipinski definition) is 1. The molecule has 0 unspecified atom stereocenters. The maximum Gasteiger partial charge on any atom is 0.236 e. The summed E-state index contributed by atoms with van der Waals surface area (Å²) in [5.41, 5.74) is 5.70. The maximum atomic E-state index is 13.3. The van der Waals surface area contributed by atoms with Gasteiger partial charge in [0.2, 0.25) is 5.91 Å². The summed E-state index contributed by atoms with van der Waals surface area (Å²) in [5.74, 6) is -0.279. The Balaban J connectivity index is 1.68. The summed E-state index contributed by atoms with van der Waals surface area (Å²) in [7, 11) is 0. The van der Waals surface area contributed by atoms with Crippen LogP contribution in [-0.2, 0) is 17.6 Å². The van der Waals surface area contributed by atoms with Crippen molar-refractivity contribution in [3.8, 4) is 0 Å². The lowest BCUT2D eigenvalue weighted by atomic mass is 9.88. The molecule has 0 bridgehead atoms. The Morgan fingerprint density at radius 2 is 1.35 bits per heavy atom. The molecule has 1 aliphatic rings. The summed E-state index contributed by atoms with van der Waals surface area (Å²) in [6.07, 6.45) is 4.59. The molecule has 26 heavy (non-hydrogen) atoms. The third kappa shape index (κ3) is 3.41. The predicted octanol–water partition coefficient (Wildman–Crippen LogP) is 5.34. The number of aryl methyl sites for hydroxylation is 1. The first-order chi connectivity index (χ1) is 12.8. The molecular weight excluding hydrogens is 318 g/mol. The molecule has 0 saturated carbocycles. The number of amides is 1. The van der Waals surface area contributed by atoms with Gasteiger partial charge in [0.15, 0.2) is 0 Å². The number of anilines is 1. The minimum absolute atomic E-state index is 0.0290. The van der Waals surface area contributed by atoms with Gasteiger partial charge in [-0.25, -0.2) is 0 Å². The molecule has 0 heterocycles. The third-order valence-corrected chi connectivity index (χ3v) is 5.18. The number of nitrogens with one attached hydrogen (secondary N) is 1. The van der Waals surface area contributed by atoms with Gasteiger partial charge in [0, 0.05) is 5.69 Å². The van der Waals surface area contributed by atoms with Crippen molar-refractivity contribution >= 4 is 11.6 Å². The van der Waals surface area contributed by atoms with E-state index in [1.54, 1.807) is 0 Å². The second kappa shape index (κ2) is 7.57. The first-order valence-electron chi connectivity index (χ1n) is 9.34. The lowest BCUT2D eigenvalue weighted by Crippen LogP contribution is -2.23. The molecule has 130 valence electrons. The standard InChI is InChI=1S/C24H23NO/c26-24(25-22-17-9-15-18-10-7-8-16-21(18)22)23(19-11-3-1-4-12-19)20-13-5-2-6-14-20/h1-6,9,11-15,17,23H,7-8,10,16H2,(H,25,26). The summed E-state index contributed by atoms with van der Waals surface area (Å²) in [6, 6.07) is 26.3. The van der Waals surface area contributed by atoms with Crippen molar-refractivity contribution in [1.29, 1.82) is 0 Å². The second-order valence-corrected chi connectivity index (χ2v) is 6.89. The van der Waals surface area contributed by atoms with Crippen LogP contribution in [0.2, 0.25) is 0 Å². The van der Waals surface area contributed by atoms with Crippen LogP contribution in [0, 0.1) is 0 Å². The lowest BCUT2D eigenvalue weighted by molar-refractivity contribution is -0.116. The maximum absolute atomic E-state index is 13.3. The number of benzene rings is 3. The van der Waals surface area contributed by atoms with Gasteiger partial charge in [0.25, 0.3) is 0 Å². The van der Waals surface area contributed by atoms with Crippen molar-refractivity contribution in [3.05, 3.63) is 101 Å². The molecule has 3 aromatic rings. The number of carbonyl (C=O) groups is 1. The lowest BCUT2D eigenvalue weighted by Gasteiger charge is -2.22. The molecule has 0 spiro atoms. The number of fused-ring (bicyclic) bond motifs is 1. The van der Waals surface area contributed by atoms with Crippen LogP contribution in [0.3, 0.4) is 0 Å². The average Bonchev–Trinajstić information content (AvgIpc) is 2.70. The minimum Gasteiger partial charge on any atom is -0.325 e. The van der Waals surface area contributed by atoms with Crippen molar-refractivity contribution in [1.82, 2.24) is 0 Å². The van der Waals surface area contributed by atoms with Crippen molar-refractivity contribution in [2.75, 3.05) is 5.32 Å². The summed E-state index contributed by atoms with van der Waals surface area (Å²) in [5, 5.41) is 3.23. The molecule has 0 aliphatic heterocycles. The van der Waals surface area contributed by atoms with Crippen LogP contribution in [0.25, 0.3) is 0 Å². The van der Waals surface area contributed by atoms with Crippen molar-refractivity contribution in [3.63, 3.8) is 0 Å². The minimum atomic E-state index is -0.308. The topological polar surface area (TPSA) is 29.1 Å². The Morgan fingerprint density at radius 3 is 2.00 bits per heavy atom. The fraction of sp³-hybridized carbons (Fsp3) is 0.208. The van der Waals surface area contributed by atoms with Crippen LogP contribution in [0.1, 0.15) is 41.0 Å². The van der Waals surface area contributed by atoms with Gasteiger partial charge in [-0.05, 0) is 54.0 Å². The van der Waals surface area contributed by atoms with Crippen LogP contribution in [0.15, 0.2) is 78.9 Å². The zero-order valence-corrected chi connectivity index (χ0v) is 14.8. The van der Waals surface area contributed by atoms with E-state index in [-0.39, 0.29) is 11.8 Å². The fourth-order valence-electron chi connectivity index (χ4n) is 3.89. The van der Waals surface area contributed by atoms with Gasteiger partial charge in [-0.3, -0.25) is 4.79 Å². The highest BCUT2D eigenvalue weighted by atomic mass is 16.1. The highest BCUT2D eigenvalue weighted by molar-refractivity contribution is 5.98. The molecule has 0 atom stereocenters. The van der Waals surface area contributed by atoms with Crippen LogP contribution in [-0.4, -0.2) is 5.91 Å². The quantitative estimate of drug-likeness (QED) is 0.682. The second-order valence-electron chi connectivity index (χ2n) is 6.89. The van der Waals surface area contributed by atoms with E-state index in [1.165, 1.54) is 24.0 Å². The van der Waals surface area contributed by atoms with E-state index in [0.717, 1.165) is 29.7 Å². The van der Waals surface area contributed by atoms with Crippen LogP contribution in [0.4, 0.5) is 5.69 Å². The predicted molar refractivity (Wildman–Crippen MR) is 106 cm³/mol. The summed E-state index contributed by atoms with van der Waals surface area (Å²) in [6.45, 7) is 0. The SMILES string of the molecule is O=C(Nc1cccc2c1CCCC2)C(c1ccccc1)c1ccccc1. The third-order valence-electron chi connectivity index (χ3n) is 5.18. The molecule has 0 aromatic heterocycles. The Kier molecular flexibility index (Phi) is 4.83. The molecule has 2 heteroatoms. The number of carbonyl (C=O) groups excluding carboxylic acids is 1. The van der Waals surface area contributed by atoms with Gasteiger partial charge in [0.05, 0.1) is 5.92 Å². The van der Waals surface area contributed by atoms with Crippen LogP contribution < -0.4 is 5.32 Å². The smallest absolute Gasteiger partial charge is 0.236 e. The molecule has 2 nitrogen and oxygen atoms in total. The summed E-state index contributed by atoms with van der Waals surface area (Å²) in [4.78, 5) is 13.3. The normalized spacial score (nSPS) is 13.3. The van der Waals surface area contributed by atoms with Gasteiger partial charge in [-0.2, -0.15) is 0 Å². The van der Waals surface area contributed by atoms with Crippen LogP contribution in [0.5, 0.6) is 0 Å². The van der Waals surface area contributed by atoms with Gasteiger partial charge in [0.1, 0.15) is 0 Å². The molecular formula is C24H23NO. The van der Waals surface area contributed by atoms with E-state index in [4.69, 9.17) is 0 Å². The average molecular weight is 341 g/mol. The fourth-order valence-corrected chi connectivity index (χ4v) is 3.89. The van der Waals surface area contributed by atoms with Crippen molar-refractivity contribution < 1.29 is 4.79 Å². The van der Waals surface area contributed by atoms with E-state index in [0.29, 0.717) is 0 Å². The Hall–Kier alpha value is -2.87. The largest absolute Gasteiger partial charge is 0.325 e. The monoisotopic (exact) mass is 341 g/mol. The highest BCUT2D eigenvalue weighted by Gasteiger charge is 2.24. The molecule has 0 radical (unpaired) electrons. The molecule has 1 amide bonds. The first-order valence-corrected chi connectivity index (χ1v) is 9.34. The van der Waals surface area contributed by atoms with E-state index < -0.39 is 0 Å². The summed E-state index contributed by atoms with van der Waals surface area (Å²) < 4.78 is 0. The molecule has 3 aromatic carbocycles. The number of rotatable bonds is 4. The Morgan fingerprint density at radius 1 is 0.731 bits per heavy atom. The molecule has 0 fully saturated rings. The highest BCUT2D eigenvalue weighted by Crippen LogP contribution is 2.30. The van der Waals surface area contributed by atoms with E-state index in [1.807, 2.05) is 66.7 Å². The van der Waals surface area contributed by atoms with Gasteiger partial charge >= 0.3 is 0 Å². The van der Waals surface area contributed by atoms with E-state index >= 15 is 0 Å². The molecule has 4 rings (SSSR count). The number of hydrogen-bond acceptors (Lipinski definition) is 1. The van der Waals surface area contributed by atoms with Crippen molar-refractivity contribution in [2.45, 2.75) is 31.6 Å². The zero-order valence-electron chi connectivity index (χ0n) is 14.8. The molecule has 1 N–H and O–H groups in total. The Labute approximate surface area is 154 Å². The molecule has 0 saturated heterocycles. The summed E-state index contributed by atoms with van der Waals surface area (Å²) >= 11 is 0. The Bertz CT molecular complexity index is 847. The van der Waals surface area contributed by atoms with E-state index in [2.05, 4.69) is 17.4 Å². The van der Waals surface area contributed by atoms with Crippen molar-refractivity contribution in [2.24, 2.45) is 0 Å². The van der Waals surface area contributed by atoms with Gasteiger partial charge in [-0.15, -0.1) is 0 Å².